The van der Waals surface area contributed by atoms with E-state index in [0.29, 0.717) is 0 Å². The molecule has 0 atom stereocenters. The van der Waals surface area contributed by atoms with Crippen LogP contribution in [0.4, 0.5) is 5.69 Å². The Morgan fingerprint density at radius 1 is 1.39 bits per heavy atom. The van der Waals surface area contributed by atoms with E-state index in [1.54, 1.807) is 0 Å². The number of hydrogen-bond donors (Lipinski definition) is 2. The number of carboxylic acids is 1. The lowest BCUT2D eigenvalue weighted by molar-refractivity contribution is -0.135. The predicted octanol–water partition coefficient (Wildman–Crippen LogP) is 2.18. The van der Waals surface area contributed by atoms with Gasteiger partial charge in [-0.3, -0.25) is 4.79 Å². The van der Waals surface area contributed by atoms with Gasteiger partial charge >= 0.3 is 5.97 Å². The van der Waals surface area contributed by atoms with Crippen molar-refractivity contribution in [2.75, 3.05) is 18.0 Å². The highest BCUT2D eigenvalue weighted by Crippen LogP contribution is 2.22. The molecule has 0 unspecified atom stereocenters. The van der Waals surface area contributed by atoms with E-state index >= 15 is 0 Å². The fourth-order valence-electron chi connectivity index (χ4n) is 1.89. The van der Waals surface area contributed by atoms with E-state index in [1.807, 2.05) is 30.0 Å². The van der Waals surface area contributed by atoms with Gasteiger partial charge < -0.3 is 15.1 Å². The van der Waals surface area contributed by atoms with Gasteiger partial charge in [0.05, 0.1) is 6.61 Å². The molecule has 18 heavy (non-hydrogen) atoms. The summed E-state index contributed by atoms with van der Waals surface area (Å²) in [5.74, 6) is -0.833. The molecule has 0 aliphatic carbocycles. The second-order valence-electron chi connectivity index (χ2n) is 4.45. The number of unbranched alkanes of at least 4 members (excludes halogenated alkanes) is 1. The Bertz CT molecular complexity index is 404. The number of aliphatic carboxylic acids is 1. The summed E-state index contributed by atoms with van der Waals surface area (Å²) in [6.07, 6.45) is 1.98. The van der Waals surface area contributed by atoms with Crippen molar-refractivity contribution < 1.29 is 15.0 Å². The van der Waals surface area contributed by atoms with Crippen LogP contribution in [0.5, 0.6) is 0 Å². The minimum atomic E-state index is -0.833. The Balaban J connectivity index is 2.98. The molecule has 0 radical (unpaired) electrons. The summed E-state index contributed by atoms with van der Waals surface area (Å²) < 4.78 is 0. The molecule has 100 valence electrons. The highest BCUT2D eigenvalue weighted by Gasteiger charge is 2.13. The van der Waals surface area contributed by atoms with Crippen LogP contribution in [0.25, 0.3) is 0 Å². The van der Waals surface area contributed by atoms with E-state index in [2.05, 4.69) is 6.92 Å². The third-order valence-corrected chi connectivity index (χ3v) is 2.90. The van der Waals surface area contributed by atoms with E-state index in [0.717, 1.165) is 36.2 Å². The Labute approximate surface area is 108 Å². The number of carboxylic acid groups (broad SMARTS) is 1. The summed E-state index contributed by atoms with van der Waals surface area (Å²) in [4.78, 5) is 12.8. The largest absolute Gasteiger partial charge is 0.480 e. The van der Waals surface area contributed by atoms with E-state index in [-0.39, 0.29) is 13.2 Å². The van der Waals surface area contributed by atoms with E-state index < -0.39 is 5.97 Å². The highest BCUT2D eigenvalue weighted by molar-refractivity contribution is 5.74. The summed E-state index contributed by atoms with van der Waals surface area (Å²) in [6.45, 7) is 4.73. The summed E-state index contributed by atoms with van der Waals surface area (Å²) in [5, 5.41) is 18.1. The van der Waals surface area contributed by atoms with E-state index in [1.165, 1.54) is 0 Å². The van der Waals surface area contributed by atoms with Gasteiger partial charge in [-0.25, -0.2) is 0 Å². The van der Waals surface area contributed by atoms with Crippen molar-refractivity contribution >= 4 is 11.7 Å². The SMILES string of the molecule is CCCCN(CC(=O)O)c1cc(CO)ccc1C. The molecule has 0 aliphatic heterocycles. The maximum absolute atomic E-state index is 10.9. The number of anilines is 1. The highest BCUT2D eigenvalue weighted by atomic mass is 16.4. The summed E-state index contributed by atoms with van der Waals surface area (Å²) in [5.41, 5.74) is 2.74. The molecule has 0 amide bonds. The molecule has 0 heterocycles. The normalized spacial score (nSPS) is 10.4. The van der Waals surface area contributed by atoms with Crippen molar-refractivity contribution in [3.05, 3.63) is 29.3 Å². The Morgan fingerprint density at radius 3 is 2.67 bits per heavy atom. The molecular weight excluding hydrogens is 230 g/mol. The lowest BCUT2D eigenvalue weighted by Crippen LogP contribution is -2.31. The molecule has 0 spiro atoms. The number of hydrogen-bond acceptors (Lipinski definition) is 3. The first-order chi connectivity index (χ1) is 8.58. The van der Waals surface area contributed by atoms with Crippen LogP contribution < -0.4 is 4.90 Å². The van der Waals surface area contributed by atoms with Gasteiger partial charge in [-0.05, 0) is 30.5 Å². The summed E-state index contributed by atoms with van der Waals surface area (Å²) in [6, 6.07) is 5.65. The molecule has 0 aromatic heterocycles. The number of aliphatic hydroxyl groups excluding tert-OH is 1. The molecule has 0 saturated carbocycles. The van der Waals surface area contributed by atoms with Crippen LogP contribution in [0.3, 0.4) is 0 Å². The van der Waals surface area contributed by atoms with Crippen LogP contribution in [0.1, 0.15) is 30.9 Å². The number of benzene rings is 1. The van der Waals surface area contributed by atoms with Crippen LogP contribution in [0.15, 0.2) is 18.2 Å². The maximum Gasteiger partial charge on any atom is 0.323 e. The van der Waals surface area contributed by atoms with Crippen LogP contribution in [0.2, 0.25) is 0 Å². The molecule has 1 aromatic carbocycles. The second-order valence-corrected chi connectivity index (χ2v) is 4.45. The summed E-state index contributed by atoms with van der Waals surface area (Å²) in [7, 11) is 0. The van der Waals surface area contributed by atoms with Gasteiger partial charge in [-0.1, -0.05) is 25.5 Å². The molecule has 4 heteroatoms. The smallest absolute Gasteiger partial charge is 0.323 e. The molecule has 0 fully saturated rings. The quantitative estimate of drug-likeness (QED) is 0.779. The van der Waals surface area contributed by atoms with Crippen LogP contribution in [-0.2, 0) is 11.4 Å². The fraction of sp³-hybridized carbons (Fsp3) is 0.500. The number of carbonyl (C=O) groups is 1. The zero-order valence-corrected chi connectivity index (χ0v) is 11.0. The van der Waals surface area contributed by atoms with Crippen LogP contribution in [-0.4, -0.2) is 29.3 Å². The molecule has 4 nitrogen and oxygen atoms in total. The molecule has 2 N–H and O–H groups in total. The fourth-order valence-corrected chi connectivity index (χ4v) is 1.89. The zero-order valence-electron chi connectivity index (χ0n) is 11.0. The standard InChI is InChI=1S/C14H21NO3/c1-3-4-7-15(9-14(17)18)13-8-12(10-16)6-5-11(13)2/h5-6,8,16H,3-4,7,9-10H2,1-2H3,(H,17,18). The van der Waals surface area contributed by atoms with E-state index in [9.17, 15) is 4.79 Å². The lowest BCUT2D eigenvalue weighted by atomic mass is 10.1. The Morgan fingerprint density at radius 2 is 2.11 bits per heavy atom. The minimum Gasteiger partial charge on any atom is -0.480 e. The zero-order chi connectivity index (χ0) is 13.5. The third-order valence-electron chi connectivity index (χ3n) is 2.90. The second kappa shape index (κ2) is 7.01. The Kier molecular flexibility index (Phi) is 5.65. The van der Waals surface area contributed by atoms with Crippen molar-refractivity contribution in [1.82, 2.24) is 0 Å². The van der Waals surface area contributed by atoms with Gasteiger partial charge in [0.25, 0.3) is 0 Å². The third kappa shape index (κ3) is 4.04. The monoisotopic (exact) mass is 251 g/mol. The van der Waals surface area contributed by atoms with Gasteiger partial charge in [0, 0.05) is 12.2 Å². The van der Waals surface area contributed by atoms with Gasteiger partial charge in [0.15, 0.2) is 0 Å². The molecule has 1 aromatic rings. The number of aryl methyl sites for hydroxylation is 1. The van der Waals surface area contributed by atoms with Crippen LogP contribution >= 0.6 is 0 Å². The first kappa shape index (κ1) is 14.5. The summed E-state index contributed by atoms with van der Waals surface area (Å²) >= 11 is 0. The van der Waals surface area contributed by atoms with Crippen LogP contribution in [0, 0.1) is 6.92 Å². The number of aliphatic hydroxyl groups is 1. The van der Waals surface area contributed by atoms with Gasteiger partial charge in [0.1, 0.15) is 6.54 Å². The lowest BCUT2D eigenvalue weighted by Gasteiger charge is -2.25. The number of rotatable bonds is 7. The van der Waals surface area contributed by atoms with Crippen molar-refractivity contribution in [3.63, 3.8) is 0 Å². The van der Waals surface area contributed by atoms with Crippen molar-refractivity contribution in [2.24, 2.45) is 0 Å². The first-order valence-electron chi connectivity index (χ1n) is 6.25. The topological polar surface area (TPSA) is 60.8 Å². The van der Waals surface area contributed by atoms with Gasteiger partial charge in [0.2, 0.25) is 0 Å². The molecule has 0 aliphatic rings. The Hall–Kier alpha value is -1.55. The maximum atomic E-state index is 10.9. The average Bonchev–Trinajstić information content (AvgIpc) is 2.35. The van der Waals surface area contributed by atoms with Crippen molar-refractivity contribution in [2.45, 2.75) is 33.3 Å². The molecule has 1 rings (SSSR count). The minimum absolute atomic E-state index is 0.00424. The predicted molar refractivity (Wildman–Crippen MR) is 71.9 cm³/mol. The molecular formula is C14H21NO3. The van der Waals surface area contributed by atoms with Crippen molar-refractivity contribution in [1.29, 1.82) is 0 Å². The molecule has 0 bridgehead atoms. The van der Waals surface area contributed by atoms with Crippen molar-refractivity contribution in [3.8, 4) is 0 Å². The average molecular weight is 251 g/mol. The van der Waals surface area contributed by atoms with Gasteiger partial charge in [-0.2, -0.15) is 0 Å². The first-order valence-corrected chi connectivity index (χ1v) is 6.25. The number of nitrogens with zero attached hydrogens (tertiary/aromatic N) is 1. The molecule has 0 saturated heterocycles. The van der Waals surface area contributed by atoms with Gasteiger partial charge in [-0.15, -0.1) is 0 Å². The van der Waals surface area contributed by atoms with E-state index in [4.69, 9.17) is 10.2 Å².